The van der Waals surface area contributed by atoms with E-state index in [-0.39, 0.29) is 5.91 Å². The molecule has 1 saturated heterocycles. The minimum absolute atomic E-state index is 0.0266. The molecule has 3 aromatic heterocycles. The van der Waals surface area contributed by atoms with Gasteiger partial charge in [0.15, 0.2) is 5.82 Å². The molecule has 1 atom stereocenters. The van der Waals surface area contributed by atoms with Crippen LogP contribution < -0.4 is 15.1 Å². The van der Waals surface area contributed by atoms with Crippen molar-refractivity contribution < 1.29 is 4.79 Å². The fourth-order valence-corrected chi connectivity index (χ4v) is 5.11. The third-order valence-electron chi connectivity index (χ3n) is 7.19. The summed E-state index contributed by atoms with van der Waals surface area (Å²) in [5.41, 5.74) is 3.40. The average molecular weight is 490 g/mol. The summed E-state index contributed by atoms with van der Waals surface area (Å²) in [5.74, 6) is 2.19. The van der Waals surface area contributed by atoms with Crippen molar-refractivity contribution in [1.29, 1.82) is 0 Å². The van der Waals surface area contributed by atoms with Gasteiger partial charge in [-0.25, -0.2) is 9.97 Å². The molecule has 10 heteroatoms. The second kappa shape index (κ2) is 10.3. The van der Waals surface area contributed by atoms with Crippen LogP contribution >= 0.6 is 0 Å². The molecule has 10 nitrogen and oxygen atoms in total. The van der Waals surface area contributed by atoms with Crippen molar-refractivity contribution in [3.8, 4) is 11.5 Å². The Balaban J connectivity index is 1.50. The van der Waals surface area contributed by atoms with Gasteiger partial charge in [-0.3, -0.25) is 14.6 Å². The standard InChI is InChI=1S/C26H35N9O/c1-5-33-17-28-31-25(33)21-9-6-10-23(29-21)35-15-20-19(26(35)36)14-24(34-12-7-8-18(34)2)30-22(20)16-32(4)13-11-27-3/h6,9-10,14,17-18,27H,5,7-8,11-13,15-16H2,1-4H3/t18-/m1/s1. The first-order valence-electron chi connectivity index (χ1n) is 12.8. The monoisotopic (exact) mass is 489 g/mol. The van der Waals surface area contributed by atoms with E-state index in [9.17, 15) is 4.79 Å². The van der Waals surface area contributed by atoms with Gasteiger partial charge in [-0.2, -0.15) is 0 Å². The van der Waals surface area contributed by atoms with E-state index in [1.54, 1.807) is 11.2 Å². The van der Waals surface area contributed by atoms with Crippen LogP contribution in [0.4, 0.5) is 11.6 Å². The molecule has 0 bridgehead atoms. The van der Waals surface area contributed by atoms with Crippen molar-refractivity contribution in [2.45, 2.75) is 52.4 Å². The van der Waals surface area contributed by atoms with Gasteiger partial charge in [0.2, 0.25) is 0 Å². The first kappa shape index (κ1) is 24.3. The molecule has 0 radical (unpaired) electrons. The zero-order chi connectivity index (χ0) is 25.2. The number of rotatable bonds is 9. The molecule has 0 saturated carbocycles. The lowest BCUT2D eigenvalue weighted by atomic mass is 10.1. The third-order valence-corrected chi connectivity index (χ3v) is 7.19. The Morgan fingerprint density at radius 1 is 1.22 bits per heavy atom. The van der Waals surface area contributed by atoms with Crippen LogP contribution in [0.15, 0.2) is 30.6 Å². The molecule has 2 aliphatic heterocycles. The van der Waals surface area contributed by atoms with E-state index in [1.807, 2.05) is 42.8 Å². The summed E-state index contributed by atoms with van der Waals surface area (Å²) in [4.78, 5) is 30.0. The molecular weight excluding hydrogens is 454 g/mol. The van der Waals surface area contributed by atoms with Crippen molar-refractivity contribution in [2.75, 3.05) is 43.5 Å². The van der Waals surface area contributed by atoms with E-state index in [0.717, 1.165) is 61.7 Å². The number of hydrogen-bond donors (Lipinski definition) is 1. The van der Waals surface area contributed by atoms with Crippen molar-refractivity contribution in [1.82, 2.24) is 34.9 Å². The maximum atomic E-state index is 13.8. The Bertz CT molecular complexity index is 1240. The van der Waals surface area contributed by atoms with Gasteiger partial charge in [0.1, 0.15) is 23.7 Å². The number of hydrogen-bond acceptors (Lipinski definition) is 8. The number of fused-ring (bicyclic) bond motifs is 1. The lowest BCUT2D eigenvalue weighted by molar-refractivity contribution is 0.0996. The first-order chi connectivity index (χ1) is 17.5. The van der Waals surface area contributed by atoms with E-state index in [0.29, 0.717) is 36.5 Å². The van der Waals surface area contributed by atoms with Gasteiger partial charge < -0.3 is 14.8 Å². The Labute approximate surface area is 212 Å². The van der Waals surface area contributed by atoms with Gasteiger partial charge in [-0.1, -0.05) is 6.07 Å². The molecule has 1 amide bonds. The Morgan fingerprint density at radius 2 is 2.08 bits per heavy atom. The molecule has 0 spiro atoms. The van der Waals surface area contributed by atoms with Gasteiger partial charge in [-0.15, -0.1) is 10.2 Å². The smallest absolute Gasteiger partial charge is 0.260 e. The highest BCUT2D eigenvalue weighted by Crippen LogP contribution is 2.34. The molecule has 0 aliphatic carbocycles. The molecule has 5 rings (SSSR count). The SMILES string of the molecule is CCn1cnnc1-c1cccc(N2Cc3c(cc(N4CCC[C@H]4C)nc3CN(C)CCNC)C2=O)n1. The van der Waals surface area contributed by atoms with Crippen molar-refractivity contribution in [3.05, 3.63) is 47.4 Å². The molecule has 5 heterocycles. The molecule has 3 aromatic rings. The first-order valence-corrected chi connectivity index (χ1v) is 12.8. The van der Waals surface area contributed by atoms with Crippen LogP contribution in [-0.4, -0.2) is 75.3 Å². The fraction of sp³-hybridized carbons (Fsp3) is 0.500. The van der Waals surface area contributed by atoms with Crippen LogP contribution in [0.3, 0.4) is 0 Å². The lowest BCUT2D eigenvalue weighted by Crippen LogP contribution is -2.30. The highest BCUT2D eigenvalue weighted by molar-refractivity contribution is 6.10. The number of aromatic nitrogens is 5. The maximum absolute atomic E-state index is 13.8. The highest BCUT2D eigenvalue weighted by atomic mass is 16.2. The number of carbonyl (C=O) groups is 1. The van der Waals surface area contributed by atoms with E-state index in [4.69, 9.17) is 9.97 Å². The molecule has 190 valence electrons. The molecule has 0 unspecified atom stereocenters. The van der Waals surface area contributed by atoms with Crippen LogP contribution in [0.5, 0.6) is 0 Å². The summed E-state index contributed by atoms with van der Waals surface area (Å²) in [6, 6.07) is 8.13. The molecule has 1 N–H and O–H groups in total. The summed E-state index contributed by atoms with van der Waals surface area (Å²) in [7, 11) is 4.06. The van der Waals surface area contributed by atoms with E-state index in [2.05, 4.69) is 39.3 Å². The minimum atomic E-state index is -0.0266. The van der Waals surface area contributed by atoms with Crippen LogP contribution in [0.25, 0.3) is 11.5 Å². The molecule has 2 aliphatic rings. The van der Waals surface area contributed by atoms with Crippen LogP contribution in [0.1, 0.15) is 48.3 Å². The number of nitrogens with one attached hydrogen (secondary N) is 1. The summed E-state index contributed by atoms with van der Waals surface area (Å²) in [6.45, 7) is 8.94. The lowest BCUT2D eigenvalue weighted by Gasteiger charge is -2.25. The van der Waals surface area contributed by atoms with Crippen molar-refractivity contribution in [3.63, 3.8) is 0 Å². The molecule has 36 heavy (non-hydrogen) atoms. The third kappa shape index (κ3) is 4.58. The van der Waals surface area contributed by atoms with Gasteiger partial charge in [0.05, 0.1) is 17.8 Å². The second-order valence-corrected chi connectivity index (χ2v) is 9.69. The van der Waals surface area contributed by atoms with Gasteiger partial charge in [0, 0.05) is 44.3 Å². The number of aryl methyl sites for hydroxylation is 1. The Kier molecular flexibility index (Phi) is 6.97. The second-order valence-electron chi connectivity index (χ2n) is 9.69. The quantitative estimate of drug-likeness (QED) is 0.490. The summed E-state index contributed by atoms with van der Waals surface area (Å²) in [6.07, 6.45) is 4.00. The van der Waals surface area contributed by atoms with E-state index < -0.39 is 0 Å². The zero-order valence-corrected chi connectivity index (χ0v) is 21.6. The summed E-state index contributed by atoms with van der Waals surface area (Å²) in [5, 5.41) is 11.5. The number of nitrogens with zero attached hydrogens (tertiary/aromatic N) is 8. The number of pyridine rings is 2. The molecule has 1 fully saturated rings. The fourth-order valence-electron chi connectivity index (χ4n) is 5.11. The molecule has 0 aromatic carbocycles. The van der Waals surface area contributed by atoms with Crippen LogP contribution in [0.2, 0.25) is 0 Å². The van der Waals surface area contributed by atoms with Crippen molar-refractivity contribution in [2.24, 2.45) is 0 Å². The highest BCUT2D eigenvalue weighted by Gasteiger charge is 2.34. The van der Waals surface area contributed by atoms with Gasteiger partial charge >= 0.3 is 0 Å². The Morgan fingerprint density at radius 3 is 2.83 bits per heavy atom. The van der Waals surface area contributed by atoms with E-state index >= 15 is 0 Å². The van der Waals surface area contributed by atoms with Gasteiger partial charge in [-0.05, 0) is 59.0 Å². The van der Waals surface area contributed by atoms with Gasteiger partial charge in [0.25, 0.3) is 5.91 Å². The maximum Gasteiger partial charge on any atom is 0.260 e. The number of likely N-dealkylation sites (N-methyl/N-ethyl adjacent to an activating group) is 2. The number of carbonyl (C=O) groups excluding carboxylic acids is 1. The number of amides is 1. The largest absolute Gasteiger partial charge is 0.354 e. The minimum Gasteiger partial charge on any atom is -0.354 e. The van der Waals surface area contributed by atoms with Crippen LogP contribution in [-0.2, 0) is 19.6 Å². The predicted octanol–water partition coefficient (Wildman–Crippen LogP) is 2.56. The topological polar surface area (TPSA) is 95.3 Å². The van der Waals surface area contributed by atoms with Crippen LogP contribution in [0, 0.1) is 0 Å². The number of anilines is 2. The van der Waals surface area contributed by atoms with E-state index in [1.165, 1.54) is 0 Å². The summed E-state index contributed by atoms with van der Waals surface area (Å²) < 4.78 is 1.94. The normalized spacial score (nSPS) is 17.5. The summed E-state index contributed by atoms with van der Waals surface area (Å²) >= 11 is 0. The average Bonchev–Trinajstić information content (AvgIpc) is 3.62. The zero-order valence-electron chi connectivity index (χ0n) is 21.6. The Hall–Kier alpha value is -3.37. The van der Waals surface area contributed by atoms with Crippen molar-refractivity contribution >= 4 is 17.5 Å². The molecular formula is C26H35N9O. The predicted molar refractivity (Wildman–Crippen MR) is 140 cm³/mol.